The van der Waals surface area contributed by atoms with Crippen molar-refractivity contribution in [2.45, 2.75) is 26.3 Å². The van der Waals surface area contributed by atoms with E-state index in [1.165, 1.54) is 0 Å². The predicted molar refractivity (Wildman–Crippen MR) is 134 cm³/mol. The van der Waals surface area contributed by atoms with Crippen molar-refractivity contribution in [2.24, 2.45) is 0 Å². The van der Waals surface area contributed by atoms with Crippen molar-refractivity contribution >= 4 is 33.5 Å². The number of carbonyl (C=O) groups excluding carboxylic acids is 1. The molecule has 2 saturated heterocycles. The number of aromatic amines is 1. The lowest BCUT2D eigenvalue weighted by Crippen LogP contribution is -2.49. The molecular weight excluding hydrogens is 444 g/mol. The number of aromatic nitrogens is 4. The zero-order chi connectivity index (χ0) is 24.1. The second-order valence-corrected chi connectivity index (χ2v) is 9.45. The molecule has 0 saturated carbocycles. The fourth-order valence-electron chi connectivity index (χ4n) is 5.23. The van der Waals surface area contributed by atoms with Crippen LogP contribution in [0.25, 0.3) is 21.8 Å². The number of nitrogens with zero attached hydrogens (tertiary/aromatic N) is 5. The number of H-pyrrole nitrogens is 1. The summed E-state index contributed by atoms with van der Waals surface area (Å²) in [4.78, 5) is 38.1. The van der Waals surface area contributed by atoms with Crippen LogP contribution >= 0.6 is 0 Å². The van der Waals surface area contributed by atoms with Crippen LogP contribution in [-0.2, 0) is 4.74 Å². The number of ether oxygens (including phenoxy) is 1. The number of anilines is 1. The minimum Gasteiger partial charge on any atom is -0.379 e. The number of nitrogens with one attached hydrogen (secondary N) is 1. The van der Waals surface area contributed by atoms with Crippen molar-refractivity contribution in [1.82, 2.24) is 24.6 Å². The van der Waals surface area contributed by atoms with Crippen molar-refractivity contribution in [2.75, 3.05) is 44.3 Å². The van der Waals surface area contributed by atoms with E-state index in [1.807, 2.05) is 53.8 Å². The summed E-state index contributed by atoms with van der Waals surface area (Å²) in [6.45, 7) is 7.89. The Morgan fingerprint density at radius 3 is 2.69 bits per heavy atom. The van der Waals surface area contributed by atoms with Crippen LogP contribution in [0.2, 0.25) is 0 Å². The highest BCUT2D eigenvalue weighted by Gasteiger charge is 2.26. The normalized spacial score (nSPS) is 18.6. The molecule has 2 aliphatic rings. The molecule has 1 atom stereocenters. The summed E-state index contributed by atoms with van der Waals surface area (Å²) in [5.74, 6) is 0.963. The standard InChI is InChI=1S/C26H28N6O3/c1-16-12-22-20(24-21(25(33)29-22)14-27-32(24)18-6-11-35-15-18)13-19(16)26(34)31-9-7-30(8-10-31)23-5-3-4-17(2)28-23/h3-5,12-14,18H,6-11,15H2,1-2H3,(H,29,33)/t18-/m0/s1. The lowest BCUT2D eigenvalue weighted by atomic mass is 10.0. The van der Waals surface area contributed by atoms with Crippen molar-refractivity contribution in [3.63, 3.8) is 0 Å². The Kier molecular flexibility index (Phi) is 5.29. The summed E-state index contributed by atoms with van der Waals surface area (Å²) in [5.41, 5.74) is 3.80. The minimum absolute atomic E-state index is 0.0101. The smallest absolute Gasteiger partial charge is 0.259 e. The van der Waals surface area contributed by atoms with Gasteiger partial charge in [0.25, 0.3) is 11.5 Å². The third-order valence-corrected chi connectivity index (χ3v) is 7.15. The first kappa shape index (κ1) is 21.8. The third-order valence-electron chi connectivity index (χ3n) is 7.15. The summed E-state index contributed by atoms with van der Waals surface area (Å²) in [7, 11) is 0. The number of hydrogen-bond acceptors (Lipinski definition) is 6. The molecule has 0 bridgehead atoms. The van der Waals surface area contributed by atoms with E-state index < -0.39 is 0 Å². The van der Waals surface area contributed by atoms with E-state index in [1.54, 1.807) is 6.20 Å². The number of pyridine rings is 2. The van der Waals surface area contributed by atoms with Gasteiger partial charge in [-0.2, -0.15) is 5.10 Å². The molecule has 2 aliphatic heterocycles. The minimum atomic E-state index is -0.169. The zero-order valence-electron chi connectivity index (χ0n) is 20.0. The molecule has 1 amide bonds. The molecule has 5 heterocycles. The number of amides is 1. The predicted octanol–water partition coefficient (Wildman–Crippen LogP) is 2.81. The molecule has 9 nitrogen and oxygen atoms in total. The highest BCUT2D eigenvalue weighted by Crippen LogP contribution is 2.29. The Labute approximate surface area is 202 Å². The van der Waals surface area contributed by atoms with Gasteiger partial charge in [-0.25, -0.2) is 4.98 Å². The molecule has 0 radical (unpaired) electrons. The molecule has 4 aromatic rings. The number of piperazine rings is 1. The molecule has 0 aliphatic carbocycles. The zero-order valence-corrected chi connectivity index (χ0v) is 20.0. The van der Waals surface area contributed by atoms with Crippen LogP contribution in [0.15, 0.2) is 41.3 Å². The number of rotatable bonds is 3. The van der Waals surface area contributed by atoms with E-state index in [-0.39, 0.29) is 17.5 Å². The van der Waals surface area contributed by atoms with Gasteiger partial charge in [0.05, 0.1) is 35.3 Å². The van der Waals surface area contributed by atoms with Crippen LogP contribution in [0.3, 0.4) is 0 Å². The first-order valence-electron chi connectivity index (χ1n) is 12.1. The van der Waals surface area contributed by atoms with Gasteiger partial charge >= 0.3 is 0 Å². The van der Waals surface area contributed by atoms with Gasteiger partial charge in [-0.15, -0.1) is 0 Å². The number of fused-ring (bicyclic) bond motifs is 3. The Morgan fingerprint density at radius 1 is 1.11 bits per heavy atom. The maximum atomic E-state index is 13.6. The topological polar surface area (TPSA) is 96.4 Å². The van der Waals surface area contributed by atoms with Crippen LogP contribution in [0.1, 0.15) is 34.1 Å². The van der Waals surface area contributed by atoms with Crippen LogP contribution in [0.5, 0.6) is 0 Å². The lowest BCUT2D eigenvalue weighted by Gasteiger charge is -2.35. The van der Waals surface area contributed by atoms with Gasteiger partial charge in [0.15, 0.2) is 0 Å². The van der Waals surface area contributed by atoms with E-state index >= 15 is 0 Å². The van der Waals surface area contributed by atoms with E-state index in [2.05, 4.69) is 20.0 Å². The summed E-state index contributed by atoms with van der Waals surface area (Å²) in [5, 5.41) is 5.90. The molecule has 1 aromatic carbocycles. The van der Waals surface area contributed by atoms with Gasteiger partial charge in [0.2, 0.25) is 0 Å². The molecule has 0 unspecified atom stereocenters. The van der Waals surface area contributed by atoms with E-state index in [0.717, 1.165) is 47.5 Å². The molecule has 35 heavy (non-hydrogen) atoms. The van der Waals surface area contributed by atoms with Gasteiger partial charge in [-0.3, -0.25) is 14.3 Å². The fraction of sp³-hybridized carbons (Fsp3) is 0.385. The van der Waals surface area contributed by atoms with Gasteiger partial charge in [0, 0.05) is 49.4 Å². The lowest BCUT2D eigenvalue weighted by molar-refractivity contribution is 0.0746. The third kappa shape index (κ3) is 3.76. The maximum Gasteiger partial charge on any atom is 0.259 e. The Hall–Kier alpha value is -3.72. The van der Waals surface area contributed by atoms with Crippen LogP contribution in [-0.4, -0.2) is 69.9 Å². The van der Waals surface area contributed by atoms with Crippen molar-refractivity contribution < 1.29 is 9.53 Å². The van der Waals surface area contributed by atoms with E-state index in [9.17, 15) is 9.59 Å². The summed E-state index contributed by atoms with van der Waals surface area (Å²) in [6, 6.07) is 9.93. The number of carbonyl (C=O) groups is 1. The molecular formula is C26H28N6O3. The quantitative estimate of drug-likeness (QED) is 0.493. The van der Waals surface area contributed by atoms with Crippen LogP contribution < -0.4 is 10.5 Å². The largest absolute Gasteiger partial charge is 0.379 e. The fourth-order valence-corrected chi connectivity index (χ4v) is 5.23. The average molecular weight is 473 g/mol. The molecule has 1 N–H and O–H groups in total. The SMILES string of the molecule is Cc1cccc(N2CCN(C(=O)c3cc4c(cc3C)[nH]c(=O)c3cnn([C@H]5CCOC5)c34)CC2)n1. The van der Waals surface area contributed by atoms with Crippen LogP contribution in [0.4, 0.5) is 5.82 Å². The highest BCUT2D eigenvalue weighted by molar-refractivity contribution is 6.07. The monoisotopic (exact) mass is 472 g/mol. The van der Waals surface area contributed by atoms with E-state index in [0.29, 0.717) is 42.8 Å². The summed E-state index contributed by atoms with van der Waals surface area (Å²) >= 11 is 0. The highest BCUT2D eigenvalue weighted by atomic mass is 16.5. The van der Waals surface area contributed by atoms with E-state index in [4.69, 9.17) is 4.74 Å². The first-order valence-corrected chi connectivity index (χ1v) is 12.1. The Bertz CT molecular complexity index is 1490. The Morgan fingerprint density at radius 2 is 1.94 bits per heavy atom. The second-order valence-electron chi connectivity index (χ2n) is 9.45. The number of aryl methyl sites for hydroxylation is 2. The number of hydrogen-bond donors (Lipinski definition) is 1. The molecule has 9 heteroatoms. The van der Waals surface area contributed by atoms with Crippen molar-refractivity contribution in [1.29, 1.82) is 0 Å². The van der Waals surface area contributed by atoms with Gasteiger partial charge < -0.3 is 19.5 Å². The van der Waals surface area contributed by atoms with Crippen LogP contribution in [0, 0.1) is 13.8 Å². The molecule has 180 valence electrons. The van der Waals surface area contributed by atoms with Gasteiger partial charge in [0.1, 0.15) is 5.82 Å². The van der Waals surface area contributed by atoms with Gasteiger partial charge in [-0.05, 0) is 50.1 Å². The summed E-state index contributed by atoms with van der Waals surface area (Å²) in [6.07, 6.45) is 2.47. The molecule has 0 spiro atoms. The maximum absolute atomic E-state index is 13.6. The molecule has 2 fully saturated rings. The summed E-state index contributed by atoms with van der Waals surface area (Å²) < 4.78 is 7.46. The van der Waals surface area contributed by atoms with Crippen molar-refractivity contribution in [3.8, 4) is 0 Å². The number of benzene rings is 1. The second kappa shape index (κ2) is 8.49. The molecule has 3 aromatic heterocycles. The Balaban J connectivity index is 1.34. The average Bonchev–Trinajstić information content (AvgIpc) is 3.54. The molecule has 6 rings (SSSR count). The van der Waals surface area contributed by atoms with Gasteiger partial charge in [-0.1, -0.05) is 6.07 Å². The van der Waals surface area contributed by atoms with Crippen molar-refractivity contribution in [3.05, 3.63) is 63.7 Å². The first-order chi connectivity index (χ1) is 17.0.